The zero-order valence-corrected chi connectivity index (χ0v) is 13.9. The van der Waals surface area contributed by atoms with E-state index in [2.05, 4.69) is 43.2 Å². The first-order valence-electron chi connectivity index (χ1n) is 8.15. The van der Waals surface area contributed by atoms with Crippen LogP contribution in [0.25, 0.3) is 0 Å². The molecular weight excluding hydrogens is 250 g/mol. The molecule has 0 saturated carbocycles. The summed E-state index contributed by atoms with van der Waals surface area (Å²) in [5, 5.41) is 6.39. The van der Waals surface area contributed by atoms with Crippen molar-refractivity contribution in [3.63, 3.8) is 0 Å². The maximum Gasteiger partial charge on any atom is 0.236 e. The molecule has 4 heteroatoms. The van der Waals surface area contributed by atoms with Gasteiger partial charge in [-0.05, 0) is 58.5 Å². The largest absolute Gasteiger partial charge is 0.355 e. The highest BCUT2D eigenvalue weighted by Crippen LogP contribution is 2.17. The Bertz CT molecular complexity index is 291. The van der Waals surface area contributed by atoms with Gasteiger partial charge in [0.15, 0.2) is 0 Å². The van der Waals surface area contributed by atoms with E-state index in [0.717, 1.165) is 26.1 Å². The predicted molar refractivity (Wildman–Crippen MR) is 84.7 cm³/mol. The van der Waals surface area contributed by atoms with E-state index >= 15 is 0 Å². The molecule has 0 aromatic heterocycles. The molecule has 1 fully saturated rings. The second-order valence-electron chi connectivity index (χ2n) is 6.85. The Morgan fingerprint density at radius 3 is 2.50 bits per heavy atom. The first-order chi connectivity index (χ1) is 9.40. The van der Waals surface area contributed by atoms with Gasteiger partial charge in [0.1, 0.15) is 0 Å². The van der Waals surface area contributed by atoms with Gasteiger partial charge < -0.3 is 15.5 Å². The molecule has 1 heterocycles. The molecular formula is C16H33N3O. The molecule has 0 aromatic rings. The van der Waals surface area contributed by atoms with E-state index in [9.17, 15) is 4.79 Å². The summed E-state index contributed by atoms with van der Waals surface area (Å²) in [5.41, 5.74) is 0. The van der Waals surface area contributed by atoms with Gasteiger partial charge in [0.25, 0.3) is 0 Å². The second kappa shape index (κ2) is 8.63. The fourth-order valence-electron chi connectivity index (χ4n) is 2.57. The number of nitrogens with zero attached hydrogens (tertiary/aromatic N) is 1. The molecule has 0 radical (unpaired) electrons. The molecule has 118 valence electrons. The van der Waals surface area contributed by atoms with Gasteiger partial charge in [0, 0.05) is 19.1 Å². The molecule has 20 heavy (non-hydrogen) atoms. The van der Waals surface area contributed by atoms with Crippen LogP contribution in [0.15, 0.2) is 0 Å². The third-order valence-corrected chi connectivity index (χ3v) is 4.17. The number of amides is 1. The standard InChI is InChI=1S/C16H33N3O/c1-12(2)6-8-17-16(20)14(5)18-10-15-7-9-19(11-15)13(3)4/h12-15,18H,6-11H2,1-5H3,(H,17,20). The molecule has 2 N–H and O–H groups in total. The molecule has 1 aliphatic rings. The van der Waals surface area contributed by atoms with Crippen LogP contribution in [-0.2, 0) is 4.79 Å². The van der Waals surface area contributed by atoms with Crippen LogP contribution < -0.4 is 10.6 Å². The molecule has 0 bridgehead atoms. The number of hydrogen-bond acceptors (Lipinski definition) is 3. The van der Waals surface area contributed by atoms with Crippen molar-refractivity contribution in [3.8, 4) is 0 Å². The van der Waals surface area contributed by atoms with Gasteiger partial charge in [-0.3, -0.25) is 4.79 Å². The quantitative estimate of drug-likeness (QED) is 0.714. The molecule has 0 spiro atoms. The molecule has 1 amide bonds. The third-order valence-electron chi connectivity index (χ3n) is 4.17. The van der Waals surface area contributed by atoms with Crippen LogP contribution in [0, 0.1) is 11.8 Å². The molecule has 4 nitrogen and oxygen atoms in total. The summed E-state index contributed by atoms with van der Waals surface area (Å²) in [5.74, 6) is 1.45. The Kier molecular flexibility index (Phi) is 7.52. The predicted octanol–water partition coefficient (Wildman–Crippen LogP) is 1.86. The molecule has 1 saturated heterocycles. The fraction of sp³-hybridized carbons (Fsp3) is 0.938. The Morgan fingerprint density at radius 2 is 1.95 bits per heavy atom. The van der Waals surface area contributed by atoms with Gasteiger partial charge in [0.2, 0.25) is 5.91 Å². The minimum absolute atomic E-state index is 0.0877. The summed E-state index contributed by atoms with van der Waals surface area (Å²) in [7, 11) is 0. The smallest absolute Gasteiger partial charge is 0.236 e. The van der Waals surface area contributed by atoms with Gasteiger partial charge >= 0.3 is 0 Å². The average Bonchev–Trinajstić information content (AvgIpc) is 2.84. The van der Waals surface area contributed by atoms with Crippen molar-refractivity contribution >= 4 is 5.91 Å². The van der Waals surface area contributed by atoms with E-state index in [1.54, 1.807) is 0 Å². The van der Waals surface area contributed by atoms with E-state index in [1.807, 2.05) is 6.92 Å². The van der Waals surface area contributed by atoms with Gasteiger partial charge in [-0.1, -0.05) is 13.8 Å². The topological polar surface area (TPSA) is 44.4 Å². The minimum atomic E-state index is -0.0877. The number of nitrogens with one attached hydrogen (secondary N) is 2. The van der Waals surface area contributed by atoms with Crippen molar-refractivity contribution < 1.29 is 4.79 Å². The van der Waals surface area contributed by atoms with E-state index in [0.29, 0.717) is 17.9 Å². The van der Waals surface area contributed by atoms with Crippen molar-refractivity contribution in [1.82, 2.24) is 15.5 Å². The van der Waals surface area contributed by atoms with Gasteiger partial charge in [-0.25, -0.2) is 0 Å². The summed E-state index contributed by atoms with van der Waals surface area (Å²) in [6.07, 6.45) is 2.29. The SMILES string of the molecule is CC(C)CCNC(=O)C(C)NCC1CCN(C(C)C)C1. The van der Waals surface area contributed by atoms with Gasteiger partial charge in [0.05, 0.1) is 6.04 Å². The number of rotatable bonds is 8. The Hall–Kier alpha value is -0.610. The summed E-state index contributed by atoms with van der Waals surface area (Å²) < 4.78 is 0. The number of likely N-dealkylation sites (tertiary alicyclic amines) is 1. The van der Waals surface area contributed by atoms with Crippen LogP contribution in [0.5, 0.6) is 0 Å². The van der Waals surface area contributed by atoms with Crippen LogP contribution in [0.1, 0.15) is 47.5 Å². The zero-order chi connectivity index (χ0) is 15.1. The Balaban J connectivity index is 2.16. The first-order valence-corrected chi connectivity index (χ1v) is 8.15. The van der Waals surface area contributed by atoms with Gasteiger partial charge in [-0.15, -0.1) is 0 Å². The Morgan fingerprint density at radius 1 is 1.25 bits per heavy atom. The lowest BCUT2D eigenvalue weighted by Crippen LogP contribution is -2.44. The average molecular weight is 283 g/mol. The van der Waals surface area contributed by atoms with Crippen molar-refractivity contribution in [2.45, 2.75) is 59.5 Å². The lowest BCUT2D eigenvalue weighted by Gasteiger charge is -2.21. The highest BCUT2D eigenvalue weighted by atomic mass is 16.2. The molecule has 0 aliphatic carbocycles. The molecule has 2 unspecified atom stereocenters. The van der Waals surface area contributed by atoms with Crippen molar-refractivity contribution in [2.24, 2.45) is 11.8 Å². The van der Waals surface area contributed by atoms with Gasteiger partial charge in [-0.2, -0.15) is 0 Å². The minimum Gasteiger partial charge on any atom is -0.355 e. The van der Waals surface area contributed by atoms with Crippen molar-refractivity contribution in [1.29, 1.82) is 0 Å². The van der Waals surface area contributed by atoms with Crippen molar-refractivity contribution in [3.05, 3.63) is 0 Å². The molecule has 1 rings (SSSR count). The van der Waals surface area contributed by atoms with Crippen molar-refractivity contribution in [2.75, 3.05) is 26.2 Å². The lowest BCUT2D eigenvalue weighted by atomic mass is 10.1. The van der Waals surface area contributed by atoms with Crippen LogP contribution in [0.4, 0.5) is 0 Å². The fourth-order valence-corrected chi connectivity index (χ4v) is 2.57. The first kappa shape index (κ1) is 17.4. The summed E-state index contributed by atoms with van der Waals surface area (Å²) in [6.45, 7) is 14.9. The monoisotopic (exact) mass is 283 g/mol. The second-order valence-corrected chi connectivity index (χ2v) is 6.85. The number of carbonyl (C=O) groups is 1. The molecule has 1 aliphatic heterocycles. The molecule has 0 aromatic carbocycles. The lowest BCUT2D eigenvalue weighted by molar-refractivity contribution is -0.122. The third kappa shape index (κ3) is 6.23. The maximum atomic E-state index is 11.9. The van der Waals surface area contributed by atoms with E-state index in [4.69, 9.17) is 0 Å². The zero-order valence-electron chi connectivity index (χ0n) is 13.9. The van der Waals surface area contributed by atoms with Crippen LogP contribution in [0.3, 0.4) is 0 Å². The van der Waals surface area contributed by atoms with E-state index in [-0.39, 0.29) is 11.9 Å². The highest BCUT2D eigenvalue weighted by Gasteiger charge is 2.24. The van der Waals surface area contributed by atoms with Crippen LogP contribution >= 0.6 is 0 Å². The Labute approximate surface area is 124 Å². The van der Waals surface area contributed by atoms with Crippen LogP contribution in [0.2, 0.25) is 0 Å². The molecule has 2 atom stereocenters. The maximum absolute atomic E-state index is 11.9. The number of carbonyl (C=O) groups excluding carboxylic acids is 1. The highest BCUT2D eigenvalue weighted by molar-refractivity contribution is 5.81. The summed E-state index contributed by atoms with van der Waals surface area (Å²) in [4.78, 5) is 14.4. The van der Waals surface area contributed by atoms with E-state index in [1.165, 1.54) is 13.0 Å². The normalized spacial score (nSPS) is 21.6. The summed E-state index contributed by atoms with van der Waals surface area (Å²) in [6, 6.07) is 0.548. The van der Waals surface area contributed by atoms with E-state index < -0.39 is 0 Å². The number of hydrogen-bond donors (Lipinski definition) is 2. The summed E-state index contributed by atoms with van der Waals surface area (Å²) >= 11 is 0. The van der Waals surface area contributed by atoms with Crippen LogP contribution in [-0.4, -0.2) is 49.1 Å².